The fourth-order valence-electron chi connectivity index (χ4n) is 6.47. The summed E-state index contributed by atoms with van der Waals surface area (Å²) in [4.78, 5) is 50.1. The molecule has 1 aliphatic rings. The lowest BCUT2D eigenvalue weighted by molar-refractivity contribution is -0.154. The van der Waals surface area contributed by atoms with Crippen LogP contribution in [0.25, 0.3) is 11.1 Å². The first-order chi connectivity index (χ1) is 27.0. The molecule has 1 aliphatic heterocycles. The predicted octanol–water partition coefficient (Wildman–Crippen LogP) is 8.05. The van der Waals surface area contributed by atoms with Gasteiger partial charge >= 0.3 is 11.9 Å². The Labute approximate surface area is 329 Å². The standard InChI is InChI=1S/C46H50N4O6/c1-32-43(55-30-35-13-9-6-10-14-35)42(44(52)47-28-41(51)54-29-34-11-7-5-8-12-34)49-40(48-32)27-33-23-25-50(26-24-33)39-21-19-38(20-22-39)37-17-15-36(16-18-37)31-56-45(53)46(2,3)4/h5-22,33H,23-31H2,1-4H3,(H,47,52). The van der Waals surface area contributed by atoms with Crippen LogP contribution in [0.5, 0.6) is 5.75 Å². The van der Waals surface area contributed by atoms with Crippen LogP contribution in [0.3, 0.4) is 0 Å². The van der Waals surface area contributed by atoms with E-state index in [0.29, 0.717) is 29.6 Å². The Morgan fingerprint density at radius 3 is 1.88 bits per heavy atom. The molecule has 0 radical (unpaired) electrons. The molecule has 0 spiro atoms. The second kappa shape index (κ2) is 18.5. The number of ether oxygens (including phenoxy) is 3. The minimum Gasteiger partial charge on any atom is -0.485 e. The van der Waals surface area contributed by atoms with Crippen molar-refractivity contribution in [2.24, 2.45) is 11.3 Å². The molecule has 5 aromatic rings. The molecule has 290 valence electrons. The number of hydrogen-bond acceptors (Lipinski definition) is 9. The van der Waals surface area contributed by atoms with E-state index in [0.717, 1.165) is 53.7 Å². The van der Waals surface area contributed by atoms with Crippen molar-refractivity contribution < 1.29 is 28.6 Å². The first-order valence-electron chi connectivity index (χ1n) is 19.2. The number of piperidine rings is 1. The van der Waals surface area contributed by atoms with Crippen molar-refractivity contribution in [2.45, 2.75) is 66.8 Å². The number of benzene rings is 4. The maximum Gasteiger partial charge on any atom is 0.325 e. The number of rotatable bonds is 14. The third-order valence-electron chi connectivity index (χ3n) is 9.75. The first-order valence-corrected chi connectivity index (χ1v) is 19.2. The maximum absolute atomic E-state index is 13.5. The van der Waals surface area contributed by atoms with Crippen molar-refractivity contribution in [3.8, 4) is 16.9 Å². The third kappa shape index (κ3) is 11.0. The van der Waals surface area contributed by atoms with E-state index in [-0.39, 0.29) is 38.0 Å². The van der Waals surface area contributed by atoms with Gasteiger partial charge < -0.3 is 24.4 Å². The number of nitrogens with zero attached hydrogens (tertiary/aromatic N) is 3. The van der Waals surface area contributed by atoms with Crippen LogP contribution in [-0.4, -0.2) is 47.4 Å². The molecule has 1 fully saturated rings. The van der Waals surface area contributed by atoms with Crippen molar-refractivity contribution in [1.29, 1.82) is 0 Å². The van der Waals surface area contributed by atoms with Gasteiger partial charge in [-0.05, 0) is 86.4 Å². The van der Waals surface area contributed by atoms with Crippen molar-refractivity contribution in [1.82, 2.24) is 15.3 Å². The number of carbonyl (C=O) groups is 3. The Hall–Kier alpha value is -6.03. The first kappa shape index (κ1) is 39.7. The Kier molecular flexibility index (Phi) is 13.1. The van der Waals surface area contributed by atoms with E-state index in [1.54, 1.807) is 0 Å². The van der Waals surface area contributed by atoms with Gasteiger partial charge in [-0.2, -0.15) is 0 Å². The van der Waals surface area contributed by atoms with Crippen LogP contribution < -0.4 is 15.0 Å². The number of carbonyl (C=O) groups excluding carboxylic acids is 3. The van der Waals surface area contributed by atoms with Gasteiger partial charge in [-0.25, -0.2) is 9.97 Å². The Bertz CT molecular complexity index is 2070. The van der Waals surface area contributed by atoms with Crippen LogP contribution >= 0.6 is 0 Å². The Morgan fingerprint density at radius 1 is 0.714 bits per heavy atom. The lowest BCUT2D eigenvalue weighted by Gasteiger charge is -2.33. The molecule has 10 heteroatoms. The molecule has 56 heavy (non-hydrogen) atoms. The highest BCUT2D eigenvalue weighted by Gasteiger charge is 2.25. The molecule has 0 aliphatic carbocycles. The molecule has 0 saturated carbocycles. The highest BCUT2D eigenvalue weighted by atomic mass is 16.5. The summed E-state index contributed by atoms with van der Waals surface area (Å²) in [6, 6.07) is 35.8. The van der Waals surface area contributed by atoms with Crippen LogP contribution in [0, 0.1) is 18.3 Å². The Morgan fingerprint density at radius 2 is 1.27 bits per heavy atom. The molecule has 1 saturated heterocycles. The van der Waals surface area contributed by atoms with Gasteiger partial charge in [0.15, 0.2) is 11.4 Å². The van der Waals surface area contributed by atoms with E-state index in [1.165, 1.54) is 5.69 Å². The van der Waals surface area contributed by atoms with E-state index in [1.807, 2.05) is 100 Å². The summed E-state index contributed by atoms with van der Waals surface area (Å²) in [6.07, 6.45) is 2.52. The molecule has 0 unspecified atom stereocenters. The lowest BCUT2D eigenvalue weighted by Crippen LogP contribution is -2.35. The predicted molar refractivity (Wildman–Crippen MR) is 216 cm³/mol. The second-order valence-electron chi connectivity index (χ2n) is 15.2. The van der Waals surface area contributed by atoms with Gasteiger partial charge in [0.2, 0.25) is 0 Å². The van der Waals surface area contributed by atoms with Gasteiger partial charge in [-0.15, -0.1) is 0 Å². The van der Waals surface area contributed by atoms with E-state index in [4.69, 9.17) is 24.2 Å². The molecule has 0 atom stereocenters. The highest BCUT2D eigenvalue weighted by molar-refractivity contribution is 5.96. The zero-order valence-corrected chi connectivity index (χ0v) is 32.6. The second-order valence-corrected chi connectivity index (χ2v) is 15.2. The van der Waals surface area contributed by atoms with Gasteiger partial charge in [-0.3, -0.25) is 14.4 Å². The van der Waals surface area contributed by atoms with Gasteiger partial charge in [0.1, 0.15) is 32.2 Å². The van der Waals surface area contributed by atoms with E-state index < -0.39 is 17.3 Å². The SMILES string of the molecule is Cc1nc(CC2CCN(c3ccc(-c4ccc(COC(=O)C(C)(C)C)cc4)cc3)CC2)nc(C(=O)NCC(=O)OCc2ccccc2)c1OCc1ccccc1. The van der Waals surface area contributed by atoms with Crippen molar-refractivity contribution >= 4 is 23.5 Å². The largest absolute Gasteiger partial charge is 0.485 e. The molecule has 6 rings (SSSR count). The minimum absolute atomic E-state index is 0.107. The van der Waals surface area contributed by atoms with Gasteiger partial charge in [-0.1, -0.05) is 97.1 Å². The quantitative estimate of drug-likeness (QED) is 0.112. The average molecular weight is 755 g/mol. The van der Waals surface area contributed by atoms with Crippen molar-refractivity contribution in [3.63, 3.8) is 0 Å². The summed E-state index contributed by atoms with van der Waals surface area (Å²) in [6.45, 7) is 9.47. The summed E-state index contributed by atoms with van der Waals surface area (Å²) in [5.74, 6) is -0.0727. The number of hydrogen-bond donors (Lipinski definition) is 1. The third-order valence-corrected chi connectivity index (χ3v) is 9.75. The summed E-state index contributed by atoms with van der Waals surface area (Å²) < 4.78 is 17.0. The van der Waals surface area contributed by atoms with Crippen molar-refractivity contribution in [2.75, 3.05) is 24.5 Å². The highest BCUT2D eigenvalue weighted by Crippen LogP contribution is 2.30. The number of aryl methyl sites for hydroxylation is 1. The smallest absolute Gasteiger partial charge is 0.325 e. The maximum atomic E-state index is 13.5. The molecule has 1 aromatic heterocycles. The monoisotopic (exact) mass is 754 g/mol. The summed E-state index contributed by atoms with van der Waals surface area (Å²) in [5.41, 5.74) is 6.30. The van der Waals surface area contributed by atoms with Gasteiger partial charge in [0.05, 0.1) is 11.1 Å². The van der Waals surface area contributed by atoms with Gasteiger partial charge in [0.25, 0.3) is 5.91 Å². The van der Waals surface area contributed by atoms with Gasteiger partial charge in [0, 0.05) is 25.2 Å². The fraction of sp³-hybridized carbons (Fsp3) is 0.326. The van der Waals surface area contributed by atoms with Crippen LogP contribution in [-0.2, 0) is 45.3 Å². The van der Waals surface area contributed by atoms with Crippen LogP contribution in [0.15, 0.2) is 109 Å². The summed E-state index contributed by atoms with van der Waals surface area (Å²) >= 11 is 0. The topological polar surface area (TPSA) is 120 Å². The molecule has 10 nitrogen and oxygen atoms in total. The van der Waals surface area contributed by atoms with Crippen LogP contribution in [0.4, 0.5) is 5.69 Å². The normalized spacial score (nSPS) is 13.2. The van der Waals surface area contributed by atoms with E-state index in [9.17, 15) is 14.4 Å². The lowest BCUT2D eigenvalue weighted by atomic mass is 9.92. The molecule has 0 bridgehead atoms. The molecular formula is C46H50N4O6. The number of aromatic nitrogens is 2. The van der Waals surface area contributed by atoms with Crippen LogP contribution in [0.2, 0.25) is 0 Å². The van der Waals surface area contributed by atoms with Crippen molar-refractivity contribution in [3.05, 3.63) is 143 Å². The number of amides is 1. The molecule has 1 N–H and O–H groups in total. The molecule has 1 amide bonds. The number of anilines is 1. The number of nitrogens with one attached hydrogen (secondary N) is 1. The fourth-order valence-corrected chi connectivity index (χ4v) is 6.47. The molecule has 2 heterocycles. The van der Waals surface area contributed by atoms with E-state index in [2.05, 4.69) is 46.6 Å². The summed E-state index contributed by atoms with van der Waals surface area (Å²) in [5, 5.41) is 2.68. The van der Waals surface area contributed by atoms with Crippen LogP contribution in [0.1, 0.15) is 72.3 Å². The minimum atomic E-state index is -0.548. The zero-order valence-electron chi connectivity index (χ0n) is 32.6. The Balaban J connectivity index is 1.05. The molecule has 4 aromatic carbocycles. The van der Waals surface area contributed by atoms with E-state index >= 15 is 0 Å². The zero-order chi connectivity index (χ0) is 39.5. The number of esters is 2. The average Bonchev–Trinajstić information content (AvgIpc) is 3.21. The molecular weight excluding hydrogens is 705 g/mol. The summed E-state index contributed by atoms with van der Waals surface area (Å²) in [7, 11) is 0.